The van der Waals surface area contributed by atoms with Crippen LogP contribution in [-0.4, -0.2) is 11.5 Å². The van der Waals surface area contributed by atoms with Crippen LogP contribution in [-0.2, 0) is 0 Å². The molecule has 0 aromatic heterocycles. The van der Waals surface area contributed by atoms with Crippen LogP contribution >= 0.6 is 11.8 Å². The predicted molar refractivity (Wildman–Crippen MR) is 41.5 cm³/mol. The lowest BCUT2D eigenvalue weighted by molar-refractivity contribution is 0.102. The maximum absolute atomic E-state index is 12.9. The van der Waals surface area contributed by atoms with Crippen molar-refractivity contribution < 1.29 is 9.18 Å². The molecule has 1 aliphatic rings. The maximum Gasteiger partial charge on any atom is 0.177 e. The smallest absolute Gasteiger partial charge is 0.177 e. The molecular formula is C8H5FOS. The van der Waals surface area contributed by atoms with E-state index in [1.54, 1.807) is 12.1 Å². The Kier molecular flexibility index (Phi) is 1.46. The van der Waals surface area contributed by atoms with Crippen molar-refractivity contribution >= 4 is 17.5 Å². The number of thioether (sulfide) groups is 1. The first kappa shape index (κ1) is 6.85. The van der Waals surface area contributed by atoms with Crippen LogP contribution in [0.2, 0.25) is 0 Å². The molecule has 0 fully saturated rings. The van der Waals surface area contributed by atoms with E-state index in [1.165, 1.54) is 17.8 Å². The number of Topliss-reactive ketones (excluding diaryl/α,β-unsaturated/α-hetero) is 1. The summed E-state index contributed by atoms with van der Waals surface area (Å²) in [6.45, 7) is 0. The number of hydrogen-bond donors (Lipinski definition) is 0. The van der Waals surface area contributed by atoms with Gasteiger partial charge in [-0.3, -0.25) is 4.79 Å². The highest BCUT2D eigenvalue weighted by atomic mass is 32.2. The molecule has 0 saturated heterocycles. The summed E-state index contributed by atoms with van der Waals surface area (Å²) < 4.78 is 12.9. The van der Waals surface area contributed by atoms with E-state index in [0.717, 1.165) is 4.90 Å². The van der Waals surface area contributed by atoms with Crippen LogP contribution in [0.4, 0.5) is 4.39 Å². The largest absolute Gasteiger partial charge is 0.293 e. The SMILES string of the molecule is O=C1CSc2cccc(F)c21. The van der Waals surface area contributed by atoms with Crippen LogP contribution in [0, 0.1) is 5.82 Å². The van der Waals surface area contributed by atoms with E-state index in [0.29, 0.717) is 5.75 Å². The predicted octanol–water partition coefficient (Wildman–Crippen LogP) is 2.11. The summed E-state index contributed by atoms with van der Waals surface area (Å²) in [6, 6.07) is 4.72. The number of ketones is 1. The third kappa shape index (κ3) is 0.959. The van der Waals surface area contributed by atoms with Gasteiger partial charge in [0.05, 0.1) is 11.3 Å². The number of carbonyl (C=O) groups excluding carboxylic acids is 1. The van der Waals surface area contributed by atoms with Gasteiger partial charge in [-0.1, -0.05) is 6.07 Å². The van der Waals surface area contributed by atoms with E-state index < -0.39 is 5.82 Å². The fourth-order valence-corrected chi connectivity index (χ4v) is 2.07. The Morgan fingerprint density at radius 3 is 3.00 bits per heavy atom. The van der Waals surface area contributed by atoms with E-state index in [9.17, 15) is 9.18 Å². The Hall–Kier alpha value is -0.830. The first-order valence-corrected chi connectivity index (χ1v) is 4.22. The molecule has 1 aromatic rings. The molecule has 3 heteroatoms. The number of halogens is 1. The third-order valence-electron chi connectivity index (χ3n) is 1.61. The van der Waals surface area contributed by atoms with Gasteiger partial charge in [-0.2, -0.15) is 0 Å². The van der Waals surface area contributed by atoms with Gasteiger partial charge in [0, 0.05) is 4.90 Å². The molecule has 1 nitrogen and oxygen atoms in total. The van der Waals surface area contributed by atoms with E-state index in [4.69, 9.17) is 0 Å². The Bertz CT molecular complexity index is 322. The zero-order valence-electron chi connectivity index (χ0n) is 5.63. The molecule has 56 valence electrons. The monoisotopic (exact) mass is 168 g/mol. The zero-order chi connectivity index (χ0) is 7.84. The Morgan fingerprint density at radius 1 is 1.45 bits per heavy atom. The third-order valence-corrected chi connectivity index (χ3v) is 2.67. The molecule has 0 atom stereocenters. The summed E-state index contributed by atoms with van der Waals surface area (Å²) in [4.78, 5) is 11.8. The van der Waals surface area contributed by atoms with Crippen LogP contribution < -0.4 is 0 Å². The fraction of sp³-hybridized carbons (Fsp3) is 0.125. The topological polar surface area (TPSA) is 17.1 Å². The van der Waals surface area contributed by atoms with Gasteiger partial charge in [-0.15, -0.1) is 11.8 Å². The Labute approximate surface area is 67.6 Å². The highest BCUT2D eigenvalue weighted by Crippen LogP contribution is 2.32. The quantitative estimate of drug-likeness (QED) is 0.590. The summed E-state index contributed by atoms with van der Waals surface area (Å²) in [7, 11) is 0. The van der Waals surface area contributed by atoms with Gasteiger partial charge in [0.25, 0.3) is 0 Å². The van der Waals surface area contributed by atoms with Gasteiger partial charge in [0.15, 0.2) is 5.78 Å². The summed E-state index contributed by atoms with van der Waals surface area (Å²) in [6.07, 6.45) is 0. The fourth-order valence-electron chi connectivity index (χ4n) is 1.11. The van der Waals surface area contributed by atoms with Gasteiger partial charge in [0.2, 0.25) is 0 Å². The number of fused-ring (bicyclic) bond motifs is 1. The molecule has 0 unspecified atom stereocenters. The lowest BCUT2D eigenvalue weighted by Crippen LogP contribution is -1.98. The van der Waals surface area contributed by atoms with Crippen LogP contribution in [0.15, 0.2) is 23.1 Å². The zero-order valence-corrected chi connectivity index (χ0v) is 6.45. The lowest BCUT2D eigenvalue weighted by atomic mass is 10.1. The molecule has 0 N–H and O–H groups in total. The van der Waals surface area contributed by atoms with Gasteiger partial charge >= 0.3 is 0 Å². The number of carbonyl (C=O) groups is 1. The Balaban J connectivity index is 2.68. The highest BCUT2D eigenvalue weighted by Gasteiger charge is 2.23. The molecule has 0 radical (unpaired) electrons. The number of hydrogen-bond acceptors (Lipinski definition) is 2. The van der Waals surface area contributed by atoms with E-state index in [1.807, 2.05) is 0 Å². The van der Waals surface area contributed by atoms with Gasteiger partial charge < -0.3 is 0 Å². The normalized spacial score (nSPS) is 15.2. The average molecular weight is 168 g/mol. The van der Waals surface area contributed by atoms with Gasteiger partial charge in [-0.25, -0.2) is 4.39 Å². The minimum atomic E-state index is -0.391. The molecule has 11 heavy (non-hydrogen) atoms. The van der Waals surface area contributed by atoms with E-state index in [2.05, 4.69) is 0 Å². The summed E-state index contributed by atoms with van der Waals surface area (Å²) >= 11 is 1.40. The minimum Gasteiger partial charge on any atom is -0.293 e. The summed E-state index contributed by atoms with van der Waals surface area (Å²) in [5.41, 5.74) is 0.275. The molecule has 1 aliphatic heterocycles. The molecule has 0 spiro atoms. The van der Waals surface area contributed by atoms with Crippen molar-refractivity contribution in [2.24, 2.45) is 0 Å². The van der Waals surface area contributed by atoms with Crippen LogP contribution in [0.1, 0.15) is 10.4 Å². The maximum atomic E-state index is 12.9. The second-order valence-electron chi connectivity index (χ2n) is 2.32. The second kappa shape index (κ2) is 2.34. The Morgan fingerprint density at radius 2 is 2.27 bits per heavy atom. The van der Waals surface area contributed by atoms with E-state index in [-0.39, 0.29) is 11.3 Å². The molecule has 1 aromatic carbocycles. The minimum absolute atomic E-state index is 0.0944. The number of benzene rings is 1. The highest BCUT2D eigenvalue weighted by molar-refractivity contribution is 8.00. The summed E-state index contributed by atoms with van der Waals surface area (Å²) in [5, 5.41) is 0. The van der Waals surface area contributed by atoms with Gasteiger partial charge in [0.1, 0.15) is 5.82 Å². The van der Waals surface area contributed by atoms with Crippen LogP contribution in [0.5, 0.6) is 0 Å². The van der Waals surface area contributed by atoms with Crippen molar-refractivity contribution in [1.82, 2.24) is 0 Å². The van der Waals surface area contributed by atoms with Crippen LogP contribution in [0.25, 0.3) is 0 Å². The molecule has 1 heterocycles. The summed E-state index contributed by atoms with van der Waals surface area (Å²) in [5.74, 6) is -0.100. The standard InChI is InChI=1S/C8H5FOS/c9-5-2-1-3-7-8(5)6(10)4-11-7/h1-3H,4H2. The molecule has 0 aliphatic carbocycles. The van der Waals surface area contributed by atoms with E-state index >= 15 is 0 Å². The number of rotatable bonds is 0. The molecule has 2 rings (SSSR count). The van der Waals surface area contributed by atoms with Crippen molar-refractivity contribution in [2.75, 3.05) is 5.75 Å². The first-order chi connectivity index (χ1) is 5.29. The van der Waals surface area contributed by atoms with Crippen molar-refractivity contribution in [3.8, 4) is 0 Å². The van der Waals surface area contributed by atoms with Crippen molar-refractivity contribution in [3.63, 3.8) is 0 Å². The molecular weight excluding hydrogens is 163 g/mol. The molecule has 0 saturated carbocycles. The van der Waals surface area contributed by atoms with Gasteiger partial charge in [-0.05, 0) is 12.1 Å². The molecule has 0 amide bonds. The molecule has 0 bridgehead atoms. The van der Waals surface area contributed by atoms with Crippen molar-refractivity contribution in [1.29, 1.82) is 0 Å². The average Bonchev–Trinajstić information content (AvgIpc) is 2.34. The van der Waals surface area contributed by atoms with Crippen LogP contribution in [0.3, 0.4) is 0 Å². The van der Waals surface area contributed by atoms with Crippen molar-refractivity contribution in [3.05, 3.63) is 29.6 Å². The second-order valence-corrected chi connectivity index (χ2v) is 3.34. The first-order valence-electron chi connectivity index (χ1n) is 3.23. The van der Waals surface area contributed by atoms with Crippen molar-refractivity contribution in [2.45, 2.75) is 4.90 Å². The lowest BCUT2D eigenvalue weighted by Gasteiger charge is -1.95.